The number of esters is 1. The molecular weight excluding hydrogens is 430 g/mol. The molecule has 2 N–H and O–H groups in total. The summed E-state index contributed by atoms with van der Waals surface area (Å²) in [6, 6.07) is 2.05. The van der Waals surface area contributed by atoms with Gasteiger partial charge in [0.2, 0.25) is 0 Å². The monoisotopic (exact) mass is 459 g/mol. The van der Waals surface area contributed by atoms with E-state index in [9.17, 15) is 15.0 Å². The molecule has 3 rings (SSSR count). The van der Waals surface area contributed by atoms with Crippen molar-refractivity contribution in [3.05, 3.63) is 14.7 Å². The molecule has 0 bridgehead atoms. The molecule has 1 atom stereocenters. The van der Waals surface area contributed by atoms with Gasteiger partial charge in [0.15, 0.2) is 0 Å². The quantitative estimate of drug-likeness (QED) is 0.498. The van der Waals surface area contributed by atoms with Crippen LogP contribution in [0.4, 0.5) is 5.69 Å². The molecule has 27 heavy (non-hydrogen) atoms. The van der Waals surface area contributed by atoms with Gasteiger partial charge in [-0.3, -0.25) is 0 Å². The van der Waals surface area contributed by atoms with Gasteiger partial charge in [0.1, 0.15) is 11.1 Å². The Morgan fingerprint density at radius 2 is 1.85 bits per heavy atom. The molecule has 152 valence electrons. The summed E-state index contributed by atoms with van der Waals surface area (Å²) in [7, 11) is 1.39. The van der Waals surface area contributed by atoms with Crippen molar-refractivity contribution in [1.29, 1.82) is 0 Å². The van der Waals surface area contributed by atoms with Gasteiger partial charge in [-0.2, -0.15) is 0 Å². The number of methoxy groups -OCH3 is 1. The summed E-state index contributed by atoms with van der Waals surface area (Å²) < 4.78 is 5.84. The molecule has 1 aromatic rings. The van der Waals surface area contributed by atoms with Crippen LogP contribution in [-0.2, 0) is 4.74 Å². The van der Waals surface area contributed by atoms with E-state index in [1.807, 2.05) is 6.07 Å². The van der Waals surface area contributed by atoms with Crippen molar-refractivity contribution in [3.63, 3.8) is 0 Å². The highest BCUT2D eigenvalue weighted by Crippen LogP contribution is 2.41. The first-order valence-electron chi connectivity index (χ1n) is 9.92. The highest BCUT2D eigenvalue weighted by Gasteiger charge is 2.37. The lowest BCUT2D eigenvalue weighted by atomic mass is 9.81. The minimum Gasteiger partial charge on any atom is -0.465 e. The van der Waals surface area contributed by atoms with Crippen molar-refractivity contribution in [2.45, 2.75) is 76.7 Å². The molecule has 7 heteroatoms. The van der Waals surface area contributed by atoms with Gasteiger partial charge >= 0.3 is 5.97 Å². The van der Waals surface area contributed by atoms with E-state index in [0.29, 0.717) is 10.8 Å². The van der Waals surface area contributed by atoms with Gasteiger partial charge in [-0.15, -0.1) is 11.3 Å². The third-order valence-corrected chi connectivity index (χ3v) is 7.77. The van der Waals surface area contributed by atoms with Crippen LogP contribution in [0.25, 0.3) is 0 Å². The van der Waals surface area contributed by atoms with Crippen molar-refractivity contribution in [1.82, 2.24) is 0 Å². The van der Waals surface area contributed by atoms with Crippen LogP contribution in [0.5, 0.6) is 0 Å². The number of rotatable bonds is 5. The highest BCUT2D eigenvalue weighted by atomic mass is 79.9. The Balaban J connectivity index is 1.92. The van der Waals surface area contributed by atoms with Gasteiger partial charge < -0.3 is 19.8 Å². The average molecular weight is 460 g/mol. The molecule has 0 aromatic carbocycles. The Morgan fingerprint density at radius 1 is 1.22 bits per heavy atom. The van der Waals surface area contributed by atoms with Crippen molar-refractivity contribution < 1.29 is 19.7 Å². The predicted molar refractivity (Wildman–Crippen MR) is 111 cm³/mol. The molecule has 1 heterocycles. The number of thiophene rings is 1. The Hall–Kier alpha value is -0.630. The SMILES string of the molecule is COC(=O)c1sc(Br)cc1N(C1CCC(O)CC1)C(O)C1CCC(C)CC1. The number of halogens is 1. The van der Waals surface area contributed by atoms with E-state index < -0.39 is 6.23 Å². The van der Waals surface area contributed by atoms with E-state index in [1.165, 1.54) is 18.4 Å². The van der Waals surface area contributed by atoms with Crippen molar-refractivity contribution >= 4 is 38.9 Å². The molecule has 2 saturated carbocycles. The summed E-state index contributed by atoms with van der Waals surface area (Å²) in [5.74, 6) is 0.552. The molecule has 2 aliphatic rings. The van der Waals surface area contributed by atoms with E-state index in [1.54, 1.807) is 0 Å². The Morgan fingerprint density at radius 3 is 2.44 bits per heavy atom. The van der Waals surface area contributed by atoms with Gasteiger partial charge in [0.05, 0.1) is 22.7 Å². The van der Waals surface area contributed by atoms with Crippen LogP contribution in [0, 0.1) is 11.8 Å². The summed E-state index contributed by atoms with van der Waals surface area (Å²) in [5, 5.41) is 21.3. The molecule has 0 saturated heterocycles. The second kappa shape index (κ2) is 9.25. The van der Waals surface area contributed by atoms with Crippen molar-refractivity contribution in [2.24, 2.45) is 11.8 Å². The molecule has 5 nitrogen and oxygen atoms in total. The maximum Gasteiger partial charge on any atom is 0.350 e. The lowest BCUT2D eigenvalue weighted by molar-refractivity contribution is 0.0514. The largest absolute Gasteiger partial charge is 0.465 e. The first kappa shape index (κ1) is 21.1. The fourth-order valence-corrected chi connectivity index (χ4v) is 5.99. The fraction of sp³-hybridized carbons (Fsp3) is 0.750. The summed E-state index contributed by atoms with van der Waals surface area (Å²) in [4.78, 5) is 14.9. The van der Waals surface area contributed by atoms with Crippen LogP contribution in [0.2, 0.25) is 0 Å². The number of carbonyl (C=O) groups excluding carboxylic acids is 1. The smallest absolute Gasteiger partial charge is 0.350 e. The first-order valence-corrected chi connectivity index (χ1v) is 11.5. The fourth-order valence-electron chi connectivity index (χ4n) is 4.49. The van der Waals surface area contributed by atoms with Crippen LogP contribution in [0.15, 0.2) is 9.85 Å². The number of aliphatic hydroxyl groups is 2. The maximum atomic E-state index is 12.3. The van der Waals surface area contributed by atoms with Crippen LogP contribution in [0.3, 0.4) is 0 Å². The van der Waals surface area contributed by atoms with Crippen LogP contribution in [-0.4, -0.2) is 41.7 Å². The van der Waals surface area contributed by atoms with Gasteiger partial charge in [0, 0.05) is 12.0 Å². The van der Waals surface area contributed by atoms with Gasteiger partial charge in [0.25, 0.3) is 0 Å². The number of hydrogen-bond donors (Lipinski definition) is 2. The molecule has 0 spiro atoms. The maximum absolute atomic E-state index is 12.3. The normalized spacial score (nSPS) is 30.0. The van der Waals surface area contributed by atoms with Crippen molar-refractivity contribution in [2.75, 3.05) is 12.0 Å². The van der Waals surface area contributed by atoms with E-state index in [0.717, 1.165) is 60.8 Å². The molecule has 1 aromatic heterocycles. The summed E-state index contributed by atoms with van der Waals surface area (Å²) in [5.41, 5.74) is 0.756. The second-order valence-electron chi connectivity index (χ2n) is 8.06. The molecule has 1 unspecified atom stereocenters. The van der Waals surface area contributed by atoms with E-state index >= 15 is 0 Å². The van der Waals surface area contributed by atoms with Gasteiger partial charge in [-0.25, -0.2) is 4.79 Å². The number of hydrogen-bond acceptors (Lipinski definition) is 6. The van der Waals surface area contributed by atoms with Crippen LogP contribution >= 0.6 is 27.3 Å². The number of carbonyl (C=O) groups is 1. The van der Waals surface area contributed by atoms with Crippen LogP contribution in [0.1, 0.15) is 68.0 Å². The minimum atomic E-state index is -0.623. The summed E-state index contributed by atoms with van der Waals surface area (Å²) >= 11 is 4.84. The zero-order valence-electron chi connectivity index (χ0n) is 16.1. The third kappa shape index (κ3) is 4.86. The second-order valence-corrected chi connectivity index (χ2v) is 10.5. The lowest BCUT2D eigenvalue weighted by Crippen LogP contribution is -2.50. The molecule has 0 amide bonds. The molecule has 0 aliphatic heterocycles. The number of anilines is 1. The predicted octanol–water partition coefficient (Wildman–Crippen LogP) is 4.55. The Bertz CT molecular complexity index is 636. The summed E-state index contributed by atoms with van der Waals surface area (Å²) in [6.07, 6.45) is 6.49. The zero-order chi connectivity index (χ0) is 19.6. The third-order valence-electron chi connectivity index (χ3n) is 6.16. The zero-order valence-corrected chi connectivity index (χ0v) is 18.5. The lowest BCUT2D eigenvalue weighted by Gasteiger charge is -2.44. The molecule has 2 aliphatic carbocycles. The number of ether oxygens (including phenoxy) is 1. The minimum absolute atomic E-state index is 0.118. The van der Waals surface area contributed by atoms with E-state index in [2.05, 4.69) is 27.8 Å². The number of nitrogens with zero attached hydrogens (tertiary/aromatic N) is 1. The Kier molecular flexibility index (Phi) is 7.22. The highest BCUT2D eigenvalue weighted by molar-refractivity contribution is 9.11. The van der Waals surface area contributed by atoms with Gasteiger partial charge in [-0.05, 0) is 66.4 Å². The standard InChI is InChI=1S/C20H30BrNO4S/c1-12-3-5-13(6-4-12)19(24)22(14-7-9-15(23)10-8-14)16-11-17(21)27-18(16)20(25)26-2/h11-15,19,23-24H,3-10H2,1-2H3. The van der Waals surface area contributed by atoms with Crippen molar-refractivity contribution in [3.8, 4) is 0 Å². The first-order chi connectivity index (χ1) is 12.9. The van der Waals surface area contributed by atoms with E-state index in [-0.39, 0.29) is 24.0 Å². The summed E-state index contributed by atoms with van der Waals surface area (Å²) in [6.45, 7) is 2.27. The molecule has 0 radical (unpaired) electrons. The topological polar surface area (TPSA) is 70.0 Å². The van der Waals surface area contributed by atoms with Crippen LogP contribution < -0.4 is 4.90 Å². The Labute approximate surface area is 173 Å². The average Bonchev–Trinajstić information content (AvgIpc) is 3.04. The van der Waals surface area contributed by atoms with E-state index in [4.69, 9.17) is 4.74 Å². The van der Waals surface area contributed by atoms with Gasteiger partial charge in [-0.1, -0.05) is 19.8 Å². The number of aliphatic hydroxyl groups excluding tert-OH is 2. The molecular formula is C20H30BrNO4S. The molecule has 2 fully saturated rings.